The minimum Gasteiger partial charge on any atom is -0.495 e. The molecule has 1 N–H and O–H groups in total. The summed E-state index contributed by atoms with van der Waals surface area (Å²) in [4.78, 5) is 2.50. The largest absolute Gasteiger partial charge is 0.495 e. The van der Waals surface area contributed by atoms with Crippen LogP contribution in [0.4, 0.5) is 5.69 Å². The van der Waals surface area contributed by atoms with Crippen LogP contribution in [0.5, 0.6) is 5.75 Å². The molecule has 3 nitrogen and oxygen atoms in total. The Morgan fingerprint density at radius 1 is 1.39 bits per heavy atom. The van der Waals surface area contributed by atoms with Gasteiger partial charge < -0.3 is 15.0 Å². The topological polar surface area (TPSA) is 24.5 Å². The molecular weight excluding hydrogens is 292 g/mol. The summed E-state index contributed by atoms with van der Waals surface area (Å²) in [5.41, 5.74) is 1.14. The molecule has 1 aromatic rings. The number of methoxy groups -OCH3 is 1. The number of likely N-dealkylation sites (tertiary alicyclic amines) is 1. The second-order valence-electron chi connectivity index (χ2n) is 4.70. The molecule has 2 rings (SSSR count). The molecule has 0 atom stereocenters. The molecule has 1 saturated heterocycles. The van der Waals surface area contributed by atoms with Crippen molar-refractivity contribution in [2.75, 3.05) is 32.1 Å². The Morgan fingerprint density at radius 2 is 2.11 bits per heavy atom. The summed E-state index contributed by atoms with van der Waals surface area (Å²) >= 11 is 3.47. The Labute approximate surface area is 118 Å². The quantitative estimate of drug-likeness (QED) is 0.922. The molecule has 100 valence electrons. The maximum absolute atomic E-state index is 5.31. The predicted molar refractivity (Wildman–Crippen MR) is 79.5 cm³/mol. The Hall–Kier alpha value is -0.740. The zero-order valence-corrected chi connectivity index (χ0v) is 12.7. The highest BCUT2D eigenvalue weighted by atomic mass is 79.9. The molecule has 0 aliphatic carbocycles. The van der Waals surface area contributed by atoms with Crippen molar-refractivity contribution < 1.29 is 4.74 Å². The van der Waals surface area contributed by atoms with Crippen molar-refractivity contribution in [3.63, 3.8) is 0 Å². The van der Waals surface area contributed by atoms with Crippen LogP contribution in [-0.4, -0.2) is 37.7 Å². The van der Waals surface area contributed by atoms with Crippen LogP contribution in [0.25, 0.3) is 0 Å². The van der Waals surface area contributed by atoms with E-state index in [2.05, 4.69) is 45.2 Å². The molecule has 1 aromatic carbocycles. The molecule has 0 radical (unpaired) electrons. The minimum atomic E-state index is 0.582. The van der Waals surface area contributed by atoms with Crippen molar-refractivity contribution in [2.45, 2.75) is 25.8 Å². The molecule has 1 heterocycles. The third kappa shape index (κ3) is 3.39. The smallest absolute Gasteiger partial charge is 0.135 e. The van der Waals surface area contributed by atoms with E-state index in [-0.39, 0.29) is 0 Å². The van der Waals surface area contributed by atoms with Gasteiger partial charge in [-0.3, -0.25) is 0 Å². The van der Waals surface area contributed by atoms with Crippen LogP contribution < -0.4 is 10.1 Å². The van der Waals surface area contributed by atoms with Gasteiger partial charge in [-0.25, -0.2) is 0 Å². The van der Waals surface area contributed by atoms with Crippen LogP contribution in [0.15, 0.2) is 22.7 Å². The molecular formula is C14H21BrN2O. The summed E-state index contributed by atoms with van der Waals surface area (Å²) in [6, 6.07) is 6.76. The maximum Gasteiger partial charge on any atom is 0.135 e. The van der Waals surface area contributed by atoms with E-state index in [1.165, 1.54) is 32.5 Å². The highest BCUT2D eigenvalue weighted by Gasteiger charge is 2.17. The predicted octanol–water partition coefficient (Wildman–Crippen LogP) is 3.35. The van der Waals surface area contributed by atoms with Gasteiger partial charge in [0.15, 0.2) is 0 Å². The van der Waals surface area contributed by atoms with Gasteiger partial charge in [0.05, 0.1) is 11.6 Å². The molecule has 0 unspecified atom stereocenters. The minimum absolute atomic E-state index is 0.582. The van der Waals surface area contributed by atoms with Gasteiger partial charge in [-0.2, -0.15) is 0 Å². The van der Waals surface area contributed by atoms with Crippen LogP contribution in [0, 0.1) is 0 Å². The maximum atomic E-state index is 5.31. The van der Waals surface area contributed by atoms with Crippen molar-refractivity contribution in [1.29, 1.82) is 0 Å². The van der Waals surface area contributed by atoms with Gasteiger partial charge >= 0.3 is 0 Å². The second kappa shape index (κ2) is 6.43. The van der Waals surface area contributed by atoms with Gasteiger partial charge in [0.1, 0.15) is 5.75 Å². The van der Waals surface area contributed by atoms with E-state index < -0.39 is 0 Å². The number of benzene rings is 1. The lowest BCUT2D eigenvalue weighted by Gasteiger charge is -2.32. The Bertz CT molecular complexity index is 389. The van der Waals surface area contributed by atoms with E-state index in [9.17, 15) is 0 Å². The number of halogens is 1. The van der Waals surface area contributed by atoms with Gasteiger partial charge in [0, 0.05) is 30.9 Å². The van der Waals surface area contributed by atoms with E-state index >= 15 is 0 Å². The normalized spacial score (nSPS) is 17.7. The van der Waals surface area contributed by atoms with Gasteiger partial charge in [0.2, 0.25) is 0 Å². The number of hydrogen-bond donors (Lipinski definition) is 1. The van der Waals surface area contributed by atoms with Crippen molar-refractivity contribution in [3.05, 3.63) is 22.7 Å². The molecule has 4 heteroatoms. The number of rotatable bonds is 4. The zero-order chi connectivity index (χ0) is 13.0. The van der Waals surface area contributed by atoms with Gasteiger partial charge in [-0.05, 0) is 47.4 Å². The average molecular weight is 313 g/mol. The first-order chi connectivity index (χ1) is 8.72. The fraction of sp³-hybridized carbons (Fsp3) is 0.571. The van der Waals surface area contributed by atoms with Crippen LogP contribution in [-0.2, 0) is 0 Å². The lowest BCUT2D eigenvalue weighted by Crippen LogP contribution is -2.38. The Kier molecular flexibility index (Phi) is 4.89. The lowest BCUT2D eigenvalue weighted by molar-refractivity contribution is 0.229. The van der Waals surface area contributed by atoms with E-state index in [0.29, 0.717) is 6.04 Å². The summed E-state index contributed by atoms with van der Waals surface area (Å²) in [7, 11) is 1.70. The second-order valence-corrected chi connectivity index (χ2v) is 5.56. The summed E-state index contributed by atoms with van der Waals surface area (Å²) in [5, 5.41) is 3.60. The van der Waals surface area contributed by atoms with Crippen molar-refractivity contribution in [1.82, 2.24) is 4.90 Å². The lowest BCUT2D eigenvalue weighted by atomic mass is 10.0. The van der Waals surface area contributed by atoms with E-state index in [0.717, 1.165) is 15.9 Å². The first-order valence-electron chi connectivity index (χ1n) is 6.55. The molecule has 0 saturated carbocycles. The summed E-state index contributed by atoms with van der Waals surface area (Å²) < 4.78 is 6.31. The molecule has 1 fully saturated rings. The highest BCUT2D eigenvalue weighted by molar-refractivity contribution is 9.10. The Balaban J connectivity index is 1.94. The van der Waals surface area contributed by atoms with Gasteiger partial charge in [0.25, 0.3) is 0 Å². The molecule has 1 aliphatic heterocycles. The third-order valence-electron chi connectivity index (χ3n) is 3.56. The molecule has 0 bridgehead atoms. The van der Waals surface area contributed by atoms with Crippen LogP contribution >= 0.6 is 15.9 Å². The monoisotopic (exact) mass is 312 g/mol. The summed E-state index contributed by atoms with van der Waals surface area (Å²) in [5.74, 6) is 0.881. The van der Waals surface area contributed by atoms with Crippen molar-refractivity contribution >= 4 is 21.6 Å². The molecule has 18 heavy (non-hydrogen) atoms. The zero-order valence-electron chi connectivity index (χ0n) is 11.1. The van der Waals surface area contributed by atoms with Crippen molar-refractivity contribution in [3.8, 4) is 5.75 Å². The number of nitrogens with one attached hydrogen (secondary N) is 1. The highest BCUT2D eigenvalue weighted by Crippen LogP contribution is 2.28. The number of anilines is 1. The standard InChI is InChI=1S/C14H21BrN2O/c1-3-17-8-6-11(7-9-17)16-12-4-5-13(15)14(10-12)18-2/h4-5,10-11,16H,3,6-9H2,1-2H3. The average Bonchev–Trinajstić information content (AvgIpc) is 2.42. The van der Waals surface area contributed by atoms with Crippen LogP contribution in [0.3, 0.4) is 0 Å². The first-order valence-corrected chi connectivity index (χ1v) is 7.34. The van der Waals surface area contributed by atoms with E-state index in [1.807, 2.05) is 6.07 Å². The summed E-state index contributed by atoms with van der Waals surface area (Å²) in [6.45, 7) is 5.79. The SMILES string of the molecule is CCN1CCC(Nc2ccc(Br)c(OC)c2)CC1. The summed E-state index contributed by atoms with van der Waals surface area (Å²) in [6.07, 6.45) is 2.43. The van der Waals surface area contributed by atoms with Gasteiger partial charge in [-0.15, -0.1) is 0 Å². The number of piperidine rings is 1. The van der Waals surface area contributed by atoms with E-state index in [1.54, 1.807) is 7.11 Å². The fourth-order valence-electron chi connectivity index (χ4n) is 2.38. The number of nitrogens with zero attached hydrogens (tertiary/aromatic N) is 1. The van der Waals surface area contributed by atoms with Crippen molar-refractivity contribution in [2.24, 2.45) is 0 Å². The molecule has 0 spiro atoms. The molecule has 0 aromatic heterocycles. The van der Waals surface area contributed by atoms with Gasteiger partial charge in [-0.1, -0.05) is 6.92 Å². The molecule has 1 aliphatic rings. The fourth-order valence-corrected chi connectivity index (χ4v) is 2.79. The Morgan fingerprint density at radius 3 is 2.72 bits per heavy atom. The van der Waals surface area contributed by atoms with E-state index in [4.69, 9.17) is 4.74 Å². The molecule has 0 amide bonds. The number of hydrogen-bond acceptors (Lipinski definition) is 3. The number of ether oxygens (including phenoxy) is 1. The third-order valence-corrected chi connectivity index (χ3v) is 4.21. The van der Waals surface area contributed by atoms with Crippen LogP contribution in [0.1, 0.15) is 19.8 Å². The van der Waals surface area contributed by atoms with Crippen LogP contribution in [0.2, 0.25) is 0 Å². The first kappa shape index (κ1) is 13.7.